The second kappa shape index (κ2) is 3.97. The second-order valence-electron chi connectivity index (χ2n) is 4.10. The van der Waals surface area contributed by atoms with Crippen molar-refractivity contribution >= 4 is 10.9 Å². The van der Waals surface area contributed by atoms with Crippen LogP contribution in [0.3, 0.4) is 0 Å². The Balaban J connectivity index is 2.36. The number of nitriles is 1. The van der Waals surface area contributed by atoms with E-state index < -0.39 is 0 Å². The minimum Gasteiger partial charge on any atom is -0.350 e. The van der Waals surface area contributed by atoms with Crippen LogP contribution >= 0.6 is 0 Å². The van der Waals surface area contributed by atoms with Crippen LogP contribution < -0.4 is 0 Å². The molecule has 3 aromatic rings. The van der Waals surface area contributed by atoms with E-state index >= 15 is 0 Å². The summed E-state index contributed by atoms with van der Waals surface area (Å²) in [5.41, 5.74) is 3.51. The van der Waals surface area contributed by atoms with Gasteiger partial charge in [0.15, 0.2) is 0 Å². The molecule has 18 heavy (non-hydrogen) atoms. The topological polar surface area (TPSA) is 54.5 Å². The molecule has 0 saturated heterocycles. The minimum absolute atomic E-state index is 0.543. The molecule has 0 radical (unpaired) electrons. The van der Waals surface area contributed by atoms with Crippen molar-refractivity contribution in [1.82, 2.24) is 14.8 Å². The third-order valence-corrected chi connectivity index (χ3v) is 3.04. The van der Waals surface area contributed by atoms with Crippen LogP contribution in [0.4, 0.5) is 0 Å². The lowest BCUT2D eigenvalue weighted by atomic mass is 10.0. The van der Waals surface area contributed by atoms with E-state index in [9.17, 15) is 0 Å². The zero-order chi connectivity index (χ0) is 12.5. The van der Waals surface area contributed by atoms with Crippen LogP contribution in [0.25, 0.3) is 22.0 Å². The van der Waals surface area contributed by atoms with Crippen LogP contribution in [0.2, 0.25) is 0 Å². The van der Waals surface area contributed by atoms with Crippen molar-refractivity contribution in [2.24, 2.45) is 7.05 Å². The van der Waals surface area contributed by atoms with Gasteiger partial charge in [-0.3, -0.25) is 0 Å². The highest BCUT2D eigenvalue weighted by molar-refractivity contribution is 5.97. The molecule has 0 aliphatic rings. The van der Waals surface area contributed by atoms with Gasteiger partial charge in [0, 0.05) is 35.3 Å². The summed E-state index contributed by atoms with van der Waals surface area (Å²) in [5.74, 6) is 0. The van der Waals surface area contributed by atoms with Crippen molar-refractivity contribution in [2.45, 2.75) is 0 Å². The Morgan fingerprint density at radius 2 is 1.89 bits per heavy atom. The highest BCUT2D eigenvalue weighted by Crippen LogP contribution is 2.31. The second-order valence-corrected chi connectivity index (χ2v) is 4.10. The molecule has 0 atom stereocenters. The molecule has 0 bridgehead atoms. The van der Waals surface area contributed by atoms with Crippen LogP contribution in [-0.2, 0) is 7.05 Å². The van der Waals surface area contributed by atoms with Crippen LogP contribution in [0, 0.1) is 11.3 Å². The van der Waals surface area contributed by atoms with Crippen molar-refractivity contribution < 1.29 is 0 Å². The molecule has 3 rings (SSSR count). The van der Waals surface area contributed by atoms with E-state index in [0.29, 0.717) is 5.56 Å². The summed E-state index contributed by atoms with van der Waals surface area (Å²) in [4.78, 5) is 0. The van der Waals surface area contributed by atoms with Gasteiger partial charge in [-0.1, -0.05) is 18.2 Å². The monoisotopic (exact) mass is 234 g/mol. The molecule has 4 nitrogen and oxygen atoms in total. The van der Waals surface area contributed by atoms with Gasteiger partial charge in [-0.25, -0.2) is 0 Å². The SMILES string of the molecule is Cn1cc(-c2cnncc2C#N)c2ccccc21. The van der Waals surface area contributed by atoms with Crippen LogP contribution in [0.15, 0.2) is 42.9 Å². The quantitative estimate of drug-likeness (QED) is 0.650. The Bertz CT molecular complexity index is 765. The van der Waals surface area contributed by atoms with Gasteiger partial charge in [-0.05, 0) is 6.07 Å². The van der Waals surface area contributed by atoms with Gasteiger partial charge in [-0.2, -0.15) is 15.5 Å². The number of rotatable bonds is 1. The van der Waals surface area contributed by atoms with Gasteiger partial charge in [0.25, 0.3) is 0 Å². The fraction of sp³-hybridized carbons (Fsp3) is 0.0714. The van der Waals surface area contributed by atoms with E-state index in [1.807, 2.05) is 36.0 Å². The summed E-state index contributed by atoms with van der Waals surface area (Å²) in [5, 5.41) is 17.9. The average molecular weight is 234 g/mol. The number of para-hydroxylation sites is 1. The lowest BCUT2D eigenvalue weighted by molar-refractivity contribution is 0.969. The Kier molecular flexibility index (Phi) is 2.31. The normalized spacial score (nSPS) is 10.4. The molecule has 0 fully saturated rings. The molecule has 0 amide bonds. The summed E-state index contributed by atoms with van der Waals surface area (Å²) in [7, 11) is 1.99. The standard InChI is InChI=1S/C14H10N4/c1-18-9-13(11-4-2-3-5-14(11)18)12-8-17-16-7-10(12)6-15/h2-5,7-9H,1H3. The maximum Gasteiger partial charge on any atom is 0.102 e. The smallest absolute Gasteiger partial charge is 0.102 e. The first-order valence-corrected chi connectivity index (χ1v) is 5.56. The van der Waals surface area contributed by atoms with Gasteiger partial charge < -0.3 is 4.57 Å². The summed E-state index contributed by atoms with van der Waals surface area (Å²) in [6, 6.07) is 10.3. The van der Waals surface area contributed by atoms with Crippen LogP contribution in [0.1, 0.15) is 5.56 Å². The summed E-state index contributed by atoms with van der Waals surface area (Å²) < 4.78 is 2.05. The average Bonchev–Trinajstić information content (AvgIpc) is 2.77. The number of aromatic nitrogens is 3. The van der Waals surface area contributed by atoms with E-state index in [0.717, 1.165) is 22.0 Å². The summed E-state index contributed by atoms with van der Waals surface area (Å²) in [6.07, 6.45) is 5.15. The van der Waals surface area contributed by atoms with Gasteiger partial charge in [0.2, 0.25) is 0 Å². The molecule has 0 N–H and O–H groups in total. The maximum absolute atomic E-state index is 9.13. The zero-order valence-electron chi connectivity index (χ0n) is 9.83. The van der Waals surface area contributed by atoms with Crippen molar-refractivity contribution in [1.29, 1.82) is 5.26 Å². The molecule has 0 saturated carbocycles. The fourth-order valence-electron chi connectivity index (χ4n) is 2.18. The predicted octanol–water partition coefficient (Wildman–Crippen LogP) is 2.51. The molecule has 4 heteroatoms. The molecule has 2 heterocycles. The summed E-state index contributed by atoms with van der Waals surface area (Å²) >= 11 is 0. The van der Waals surface area contributed by atoms with Gasteiger partial charge in [0.1, 0.15) is 6.07 Å². The minimum atomic E-state index is 0.543. The van der Waals surface area contributed by atoms with Crippen molar-refractivity contribution in [3.05, 3.63) is 48.4 Å². The number of hydrogen-bond donors (Lipinski definition) is 0. The van der Waals surface area contributed by atoms with Crippen molar-refractivity contribution in [3.63, 3.8) is 0 Å². The van der Waals surface area contributed by atoms with E-state index in [1.54, 1.807) is 6.20 Å². The maximum atomic E-state index is 9.13. The molecule has 1 aromatic carbocycles. The molecular weight excluding hydrogens is 224 g/mol. The number of nitrogens with zero attached hydrogens (tertiary/aromatic N) is 4. The highest BCUT2D eigenvalue weighted by Gasteiger charge is 2.11. The highest BCUT2D eigenvalue weighted by atomic mass is 15.1. The van der Waals surface area contributed by atoms with Gasteiger partial charge in [0.05, 0.1) is 18.0 Å². The molecule has 0 spiro atoms. The Morgan fingerprint density at radius 1 is 1.11 bits per heavy atom. The summed E-state index contributed by atoms with van der Waals surface area (Å²) in [6.45, 7) is 0. The third-order valence-electron chi connectivity index (χ3n) is 3.04. The Hall–Kier alpha value is -2.67. The first kappa shape index (κ1) is 10.5. The number of hydrogen-bond acceptors (Lipinski definition) is 3. The van der Waals surface area contributed by atoms with Crippen molar-refractivity contribution in [2.75, 3.05) is 0 Å². The molecule has 0 aliphatic carbocycles. The van der Waals surface area contributed by atoms with Gasteiger partial charge in [-0.15, -0.1) is 0 Å². The first-order chi connectivity index (χ1) is 8.81. The van der Waals surface area contributed by atoms with Crippen LogP contribution in [-0.4, -0.2) is 14.8 Å². The largest absolute Gasteiger partial charge is 0.350 e. The predicted molar refractivity (Wildman–Crippen MR) is 68.7 cm³/mol. The van der Waals surface area contributed by atoms with Gasteiger partial charge >= 0.3 is 0 Å². The Morgan fingerprint density at radius 3 is 2.72 bits per heavy atom. The van der Waals surface area contributed by atoms with Crippen molar-refractivity contribution in [3.8, 4) is 17.2 Å². The molecule has 2 aromatic heterocycles. The molecule has 0 aliphatic heterocycles. The number of fused-ring (bicyclic) bond motifs is 1. The lowest BCUT2D eigenvalue weighted by Gasteiger charge is -2.00. The molecular formula is C14H10N4. The van der Waals surface area contributed by atoms with E-state index in [4.69, 9.17) is 5.26 Å². The molecule has 86 valence electrons. The van der Waals surface area contributed by atoms with E-state index in [2.05, 4.69) is 22.3 Å². The van der Waals surface area contributed by atoms with E-state index in [-0.39, 0.29) is 0 Å². The lowest BCUT2D eigenvalue weighted by Crippen LogP contribution is -1.88. The number of aryl methyl sites for hydroxylation is 1. The molecule has 0 unspecified atom stereocenters. The fourth-order valence-corrected chi connectivity index (χ4v) is 2.18. The third kappa shape index (κ3) is 1.45. The van der Waals surface area contributed by atoms with Crippen LogP contribution in [0.5, 0.6) is 0 Å². The zero-order valence-corrected chi connectivity index (χ0v) is 9.83. The van der Waals surface area contributed by atoms with E-state index in [1.165, 1.54) is 6.20 Å². The Labute approximate surface area is 104 Å². The number of benzene rings is 1. The first-order valence-electron chi connectivity index (χ1n) is 5.56.